The minimum Gasteiger partial charge on any atom is -0.350 e. The molecule has 8 nitrogen and oxygen atoms in total. The zero-order valence-corrected chi connectivity index (χ0v) is 20.7. The van der Waals surface area contributed by atoms with E-state index in [-0.39, 0.29) is 35.7 Å². The molecular formula is C28H35N5O3. The van der Waals surface area contributed by atoms with Crippen molar-refractivity contribution < 1.29 is 14.4 Å². The van der Waals surface area contributed by atoms with Crippen molar-refractivity contribution >= 4 is 23.4 Å². The number of nitrogens with zero attached hydrogens (tertiary/aromatic N) is 3. The van der Waals surface area contributed by atoms with Crippen LogP contribution in [0.15, 0.2) is 42.7 Å². The van der Waals surface area contributed by atoms with E-state index in [1.807, 2.05) is 29.2 Å². The lowest BCUT2D eigenvalue weighted by atomic mass is 9.49. The zero-order valence-electron chi connectivity index (χ0n) is 20.7. The summed E-state index contributed by atoms with van der Waals surface area (Å²) in [6.07, 6.45) is 12.0. The highest BCUT2D eigenvalue weighted by atomic mass is 16.2. The number of carbonyl (C=O) groups excluding carboxylic acids is 3. The lowest BCUT2D eigenvalue weighted by molar-refractivity contribution is -0.160. The number of likely N-dealkylation sites (tertiary alicyclic amines) is 1. The van der Waals surface area contributed by atoms with Crippen molar-refractivity contribution in [3.63, 3.8) is 0 Å². The van der Waals surface area contributed by atoms with Crippen LogP contribution in [0.5, 0.6) is 0 Å². The molecule has 7 rings (SSSR count). The summed E-state index contributed by atoms with van der Waals surface area (Å²) in [5, 5.41) is 9.99. The molecule has 4 saturated carbocycles. The average molecular weight is 490 g/mol. The Morgan fingerprint density at radius 3 is 2.47 bits per heavy atom. The van der Waals surface area contributed by atoms with Crippen LogP contribution in [0.2, 0.25) is 0 Å². The molecule has 3 amide bonds. The molecule has 1 atom stereocenters. The van der Waals surface area contributed by atoms with E-state index in [9.17, 15) is 14.4 Å². The topological polar surface area (TPSA) is 96.3 Å². The van der Waals surface area contributed by atoms with E-state index < -0.39 is 0 Å². The van der Waals surface area contributed by atoms with E-state index in [1.165, 1.54) is 19.3 Å². The highest BCUT2D eigenvalue weighted by molar-refractivity contribution is 5.91. The number of carbonyl (C=O) groups is 3. The molecule has 4 bridgehead atoms. The SMILES string of the molecule is O=C(Cn1cccn1)Nc1cccc(CNC(=O)C2CCCN2C(=O)C23CC4CC(CC(C4)C2)C3)c1. The van der Waals surface area contributed by atoms with Crippen LogP contribution >= 0.6 is 0 Å². The predicted octanol–water partition coefficient (Wildman–Crippen LogP) is 3.35. The van der Waals surface area contributed by atoms with Crippen LogP contribution in [-0.4, -0.2) is 45.0 Å². The second kappa shape index (κ2) is 9.37. The van der Waals surface area contributed by atoms with Gasteiger partial charge in [-0.05, 0) is 92.9 Å². The fraction of sp³-hybridized carbons (Fsp3) is 0.571. The second-order valence-corrected chi connectivity index (χ2v) is 11.5. The van der Waals surface area contributed by atoms with Crippen molar-refractivity contribution in [1.29, 1.82) is 0 Å². The highest BCUT2D eigenvalue weighted by Gasteiger charge is 2.56. The van der Waals surface area contributed by atoms with Gasteiger partial charge in [0.15, 0.2) is 0 Å². The Bertz CT molecular complexity index is 1110. The quantitative estimate of drug-likeness (QED) is 0.624. The third-order valence-electron chi connectivity index (χ3n) is 8.85. The number of hydrogen-bond acceptors (Lipinski definition) is 4. The molecule has 2 aromatic rings. The van der Waals surface area contributed by atoms with E-state index in [0.717, 1.165) is 37.7 Å². The van der Waals surface area contributed by atoms with E-state index in [4.69, 9.17) is 0 Å². The first-order chi connectivity index (χ1) is 17.5. The van der Waals surface area contributed by atoms with Gasteiger partial charge in [0, 0.05) is 31.2 Å². The minimum atomic E-state index is -0.373. The summed E-state index contributed by atoms with van der Waals surface area (Å²) in [7, 11) is 0. The number of nitrogens with one attached hydrogen (secondary N) is 2. The van der Waals surface area contributed by atoms with Crippen molar-refractivity contribution in [3.8, 4) is 0 Å². The second-order valence-electron chi connectivity index (χ2n) is 11.5. The molecule has 1 unspecified atom stereocenters. The molecule has 2 N–H and O–H groups in total. The van der Waals surface area contributed by atoms with Gasteiger partial charge in [0.1, 0.15) is 12.6 Å². The number of amides is 3. The first-order valence-electron chi connectivity index (χ1n) is 13.4. The maximum absolute atomic E-state index is 13.8. The van der Waals surface area contributed by atoms with Crippen molar-refractivity contribution in [1.82, 2.24) is 20.0 Å². The minimum absolute atomic E-state index is 0.0706. The van der Waals surface area contributed by atoms with Crippen LogP contribution in [0.1, 0.15) is 56.9 Å². The van der Waals surface area contributed by atoms with Crippen LogP contribution in [0.3, 0.4) is 0 Å². The molecule has 1 aliphatic heterocycles. The molecule has 2 heterocycles. The number of aromatic nitrogens is 2. The zero-order chi connectivity index (χ0) is 24.7. The Balaban J connectivity index is 1.06. The van der Waals surface area contributed by atoms with Gasteiger partial charge >= 0.3 is 0 Å². The number of rotatable bonds is 7. The van der Waals surface area contributed by atoms with Gasteiger partial charge in [-0.2, -0.15) is 5.10 Å². The first kappa shape index (κ1) is 23.3. The third kappa shape index (κ3) is 4.53. The molecule has 190 valence electrons. The van der Waals surface area contributed by atoms with Crippen LogP contribution in [-0.2, 0) is 27.5 Å². The molecule has 1 aromatic carbocycles. The molecule has 1 aromatic heterocycles. The van der Waals surface area contributed by atoms with Crippen molar-refractivity contribution in [2.75, 3.05) is 11.9 Å². The molecular weight excluding hydrogens is 454 g/mol. The molecule has 0 spiro atoms. The number of anilines is 1. The summed E-state index contributed by atoms with van der Waals surface area (Å²) in [6.45, 7) is 1.19. The Kier molecular flexibility index (Phi) is 6.05. The Labute approximate surface area is 211 Å². The van der Waals surface area contributed by atoms with Gasteiger partial charge in [0.05, 0.1) is 5.41 Å². The Morgan fingerprint density at radius 1 is 1.03 bits per heavy atom. The molecule has 8 heteroatoms. The third-order valence-corrected chi connectivity index (χ3v) is 8.85. The van der Waals surface area contributed by atoms with E-state index in [2.05, 4.69) is 15.7 Å². The maximum Gasteiger partial charge on any atom is 0.246 e. The summed E-state index contributed by atoms with van der Waals surface area (Å²) in [5.41, 5.74) is 1.37. The highest BCUT2D eigenvalue weighted by Crippen LogP contribution is 2.60. The van der Waals surface area contributed by atoms with Crippen molar-refractivity contribution in [3.05, 3.63) is 48.3 Å². The Hall–Kier alpha value is -3.16. The van der Waals surface area contributed by atoms with Crippen LogP contribution in [0.25, 0.3) is 0 Å². The summed E-state index contributed by atoms with van der Waals surface area (Å²) in [5.74, 6) is 2.15. The van der Waals surface area contributed by atoms with Crippen LogP contribution < -0.4 is 10.6 Å². The smallest absolute Gasteiger partial charge is 0.246 e. The molecule has 5 fully saturated rings. The molecule has 5 aliphatic rings. The molecule has 36 heavy (non-hydrogen) atoms. The monoisotopic (exact) mass is 489 g/mol. The lowest BCUT2D eigenvalue weighted by Gasteiger charge is -2.56. The van der Waals surface area contributed by atoms with Gasteiger partial charge in [0.25, 0.3) is 0 Å². The van der Waals surface area contributed by atoms with Gasteiger partial charge in [0.2, 0.25) is 17.7 Å². The van der Waals surface area contributed by atoms with Crippen LogP contribution in [0.4, 0.5) is 5.69 Å². The molecule has 0 radical (unpaired) electrons. The van der Waals surface area contributed by atoms with E-state index in [0.29, 0.717) is 36.5 Å². The fourth-order valence-electron chi connectivity index (χ4n) is 7.77. The summed E-state index contributed by atoms with van der Waals surface area (Å²) in [6, 6.07) is 8.89. The van der Waals surface area contributed by atoms with Gasteiger partial charge in [-0.15, -0.1) is 0 Å². The summed E-state index contributed by atoms with van der Waals surface area (Å²) < 4.78 is 1.57. The molecule has 1 saturated heterocycles. The number of benzene rings is 1. The van der Waals surface area contributed by atoms with Crippen LogP contribution in [0, 0.1) is 23.2 Å². The normalized spacial score (nSPS) is 30.4. The van der Waals surface area contributed by atoms with E-state index in [1.54, 1.807) is 23.1 Å². The predicted molar refractivity (Wildman–Crippen MR) is 134 cm³/mol. The van der Waals surface area contributed by atoms with Gasteiger partial charge in [-0.25, -0.2) is 0 Å². The fourth-order valence-corrected chi connectivity index (χ4v) is 7.77. The van der Waals surface area contributed by atoms with Gasteiger partial charge in [-0.3, -0.25) is 19.1 Å². The largest absolute Gasteiger partial charge is 0.350 e. The standard InChI is InChI=1S/C28H35N5O3/c34-25(18-32-8-3-7-30-32)31-23-5-1-4-19(13-23)17-29-26(35)24-6-2-9-33(24)27(36)28-14-20-10-21(15-28)12-22(11-20)16-28/h1,3-5,7-8,13,20-22,24H,2,6,9-12,14-18H2,(H,29,35)(H,31,34). The van der Waals surface area contributed by atoms with Crippen molar-refractivity contribution in [2.24, 2.45) is 23.2 Å². The summed E-state index contributed by atoms with van der Waals surface area (Å²) >= 11 is 0. The average Bonchev–Trinajstić information content (AvgIpc) is 3.54. The van der Waals surface area contributed by atoms with Gasteiger partial charge < -0.3 is 15.5 Å². The summed E-state index contributed by atoms with van der Waals surface area (Å²) in [4.78, 5) is 41.3. The number of hydrogen-bond donors (Lipinski definition) is 2. The van der Waals surface area contributed by atoms with Gasteiger partial charge in [-0.1, -0.05) is 12.1 Å². The maximum atomic E-state index is 13.8. The first-order valence-corrected chi connectivity index (χ1v) is 13.4. The van der Waals surface area contributed by atoms with Crippen molar-refractivity contribution in [2.45, 2.75) is 70.5 Å². The van der Waals surface area contributed by atoms with E-state index >= 15 is 0 Å². The Morgan fingerprint density at radius 2 is 1.78 bits per heavy atom. The lowest BCUT2D eigenvalue weighted by Crippen LogP contribution is -2.57. The molecule has 4 aliphatic carbocycles.